The van der Waals surface area contributed by atoms with Crippen LogP contribution >= 0.6 is 11.6 Å². The zero-order chi connectivity index (χ0) is 46.6. The maximum absolute atomic E-state index is 15.6. The van der Waals surface area contributed by atoms with Crippen molar-refractivity contribution in [2.45, 2.75) is 74.8 Å². The largest absolute Gasteiger partial charge is 0.378 e. The summed E-state index contributed by atoms with van der Waals surface area (Å²) in [6, 6.07) is 8.00. The number of halogens is 9. The summed E-state index contributed by atoms with van der Waals surface area (Å²) >= 11 is 6.67. The number of carbonyl (C=O) groups excluding carboxylic acids is 1. The van der Waals surface area contributed by atoms with Gasteiger partial charge in [0, 0.05) is 42.7 Å². The lowest BCUT2D eigenvalue weighted by molar-refractivity contribution is -0.123. The zero-order valence-electron chi connectivity index (χ0n) is 34.1. The summed E-state index contributed by atoms with van der Waals surface area (Å²) in [7, 11) is -4.08. The molecule has 24 heteroatoms. The molecule has 3 atom stereocenters. The van der Waals surface area contributed by atoms with E-state index in [9.17, 15) is 39.6 Å². The summed E-state index contributed by atoms with van der Waals surface area (Å²) in [5, 5.41) is 9.35. The van der Waals surface area contributed by atoms with Crippen molar-refractivity contribution in [3.63, 3.8) is 0 Å². The van der Waals surface area contributed by atoms with E-state index in [1.54, 1.807) is 12.1 Å². The van der Waals surface area contributed by atoms with Crippen LogP contribution in [0, 0.1) is 17.6 Å². The molecule has 4 heterocycles. The lowest BCUT2D eigenvalue weighted by atomic mass is 10.0. The zero-order valence-corrected chi connectivity index (χ0v) is 35.7. The van der Waals surface area contributed by atoms with Gasteiger partial charge in [-0.1, -0.05) is 11.6 Å². The number of sulfonamides is 1. The van der Waals surface area contributed by atoms with Gasteiger partial charge in [0.15, 0.2) is 5.82 Å². The maximum atomic E-state index is 15.6. The molecule has 1 saturated heterocycles. The van der Waals surface area contributed by atoms with Crippen molar-refractivity contribution >= 4 is 60.8 Å². The topological polar surface area (TPSA) is 158 Å². The van der Waals surface area contributed by atoms with Gasteiger partial charge in [-0.3, -0.25) is 28.2 Å². The molecule has 4 aliphatic rings. The molecule has 3 aromatic carbocycles. The van der Waals surface area contributed by atoms with Crippen molar-refractivity contribution < 1.29 is 53.1 Å². The number of carbonyl (C=O) groups is 1. The molecule has 1 amide bonds. The Morgan fingerprint density at radius 2 is 1.70 bits per heavy atom. The van der Waals surface area contributed by atoms with Crippen LogP contribution in [0.1, 0.15) is 66.0 Å². The number of alkyl halides is 6. The van der Waals surface area contributed by atoms with Gasteiger partial charge in [-0.15, -0.1) is 0 Å². The van der Waals surface area contributed by atoms with E-state index in [0.717, 1.165) is 21.4 Å². The molecule has 348 valence electrons. The van der Waals surface area contributed by atoms with Crippen LogP contribution in [0.2, 0.25) is 5.02 Å². The monoisotopic (exact) mass is 965 g/mol. The molecule has 10 rings (SSSR count). The van der Waals surface area contributed by atoms with Gasteiger partial charge < -0.3 is 15.0 Å². The average molecular weight is 966 g/mol. The van der Waals surface area contributed by atoms with E-state index in [4.69, 9.17) is 21.3 Å². The molecule has 0 bridgehead atoms. The van der Waals surface area contributed by atoms with Crippen molar-refractivity contribution in [2.75, 3.05) is 35.9 Å². The number of anilines is 2. The number of amides is 1. The Morgan fingerprint density at radius 3 is 2.38 bits per heavy atom. The van der Waals surface area contributed by atoms with E-state index in [-0.39, 0.29) is 55.9 Å². The van der Waals surface area contributed by atoms with Crippen molar-refractivity contribution in [3.05, 3.63) is 104 Å². The van der Waals surface area contributed by atoms with Crippen molar-refractivity contribution in [1.29, 1.82) is 0 Å². The Morgan fingerprint density at radius 1 is 0.970 bits per heavy atom. The van der Waals surface area contributed by atoms with Gasteiger partial charge in [-0.05, 0) is 73.2 Å². The standard InChI is InChI=1S/C42H36ClF8N9O5S/c43-27-5-6-30(36-34(27)39(55-58(36)17-31(46)47)56-66(63,64)23-2-3-23)60-40(53-28-15-22(1-4-24(28)41(60)62)57-7-9-65-10-8-57)29(13-19-11-20(44)14-21(45)12-19)52-32(61)18-59-37-33(35(54-59)38(48)49)25-16-26(25)42(37,50)51/h1,4-6,11-12,14-15,23,25-26,29,31,38H,2-3,7-10,13,16-18H2,(H,52,61)(H,55,56)/t25-,26+,29-/m0/s1. The lowest BCUT2D eigenvalue weighted by Gasteiger charge is -2.29. The summed E-state index contributed by atoms with van der Waals surface area (Å²) in [6.07, 6.45) is -6.25. The first-order valence-corrected chi connectivity index (χ1v) is 22.7. The van der Waals surface area contributed by atoms with Gasteiger partial charge in [0.05, 0.1) is 57.0 Å². The highest BCUT2D eigenvalue weighted by molar-refractivity contribution is 7.93. The first-order valence-electron chi connectivity index (χ1n) is 20.8. The summed E-state index contributed by atoms with van der Waals surface area (Å²) in [6.45, 7) is -0.470. The molecule has 1 aliphatic heterocycles. The van der Waals surface area contributed by atoms with Crippen LogP contribution in [-0.2, 0) is 45.0 Å². The van der Waals surface area contributed by atoms with Gasteiger partial charge in [0.1, 0.15) is 41.9 Å². The van der Waals surface area contributed by atoms with Crippen LogP contribution in [0.25, 0.3) is 27.5 Å². The Balaban J connectivity index is 1.18. The van der Waals surface area contributed by atoms with Gasteiger partial charge in [-0.25, -0.2) is 39.7 Å². The molecule has 2 N–H and O–H groups in total. The fourth-order valence-electron chi connectivity index (χ4n) is 9.17. The van der Waals surface area contributed by atoms with E-state index in [1.165, 1.54) is 18.2 Å². The second-order valence-corrected chi connectivity index (χ2v) is 19.1. The van der Waals surface area contributed by atoms with Crippen LogP contribution in [0.15, 0.2) is 53.3 Å². The van der Waals surface area contributed by atoms with Crippen molar-refractivity contribution in [3.8, 4) is 5.69 Å². The van der Waals surface area contributed by atoms with Crippen molar-refractivity contribution in [1.82, 2.24) is 34.4 Å². The molecule has 6 aromatic rings. The van der Waals surface area contributed by atoms with E-state index >= 15 is 13.6 Å². The molecule has 66 heavy (non-hydrogen) atoms. The van der Waals surface area contributed by atoms with Crippen molar-refractivity contribution in [2.24, 2.45) is 5.92 Å². The second-order valence-electron chi connectivity index (χ2n) is 16.7. The van der Waals surface area contributed by atoms with Gasteiger partial charge >= 0.3 is 0 Å². The number of hydrogen-bond acceptors (Lipinski definition) is 9. The Bertz CT molecular complexity index is 3120. The molecule has 0 spiro atoms. The van der Waals surface area contributed by atoms with E-state index < -0.39 is 112 Å². The van der Waals surface area contributed by atoms with Gasteiger partial charge in [0.25, 0.3) is 24.3 Å². The quantitative estimate of drug-likeness (QED) is 0.109. The van der Waals surface area contributed by atoms with Crippen LogP contribution in [0.5, 0.6) is 0 Å². The average Bonchev–Trinajstić information content (AvgIpc) is 4.18. The van der Waals surface area contributed by atoms with E-state index in [0.29, 0.717) is 55.6 Å². The Hall–Kier alpha value is -5.81. The number of nitrogens with zero attached hydrogens (tertiary/aromatic N) is 7. The highest BCUT2D eigenvalue weighted by atomic mass is 35.5. The minimum absolute atomic E-state index is 0.0365. The summed E-state index contributed by atoms with van der Waals surface area (Å²) in [5.74, 6) is -9.70. The third kappa shape index (κ3) is 7.80. The Kier molecular flexibility index (Phi) is 10.8. The summed E-state index contributed by atoms with van der Waals surface area (Å²) in [4.78, 5) is 36.2. The fraction of sp³-hybridized carbons (Fsp3) is 0.405. The van der Waals surface area contributed by atoms with Crippen LogP contribution in [-0.4, -0.2) is 81.4 Å². The third-order valence-corrected chi connectivity index (χ3v) is 14.4. The minimum atomic E-state index is -4.08. The molecule has 0 unspecified atom stereocenters. The number of ether oxygens (including phenoxy) is 1. The number of aromatic nitrogens is 6. The van der Waals surface area contributed by atoms with E-state index in [1.807, 2.05) is 4.90 Å². The minimum Gasteiger partial charge on any atom is -0.378 e. The SMILES string of the molecule is O=C(Cn1nc(C(F)F)c2c1C(F)(F)[C@@H]1C[C@H]21)N[C@@H](Cc1cc(F)cc(F)c1)c1nc2cc(N3CCOCC3)ccc2c(=O)n1-c1ccc(Cl)c2c(NS(=O)(=O)C3CC3)nn(CC(F)F)c12. The van der Waals surface area contributed by atoms with Gasteiger partial charge in [-0.2, -0.15) is 19.0 Å². The second kappa shape index (κ2) is 16.2. The van der Waals surface area contributed by atoms with Crippen LogP contribution in [0.4, 0.5) is 46.6 Å². The molecule has 14 nitrogen and oxygen atoms in total. The van der Waals surface area contributed by atoms with Gasteiger partial charge in [0.2, 0.25) is 15.9 Å². The molecule has 3 fully saturated rings. The van der Waals surface area contributed by atoms with Crippen LogP contribution < -0.4 is 20.5 Å². The van der Waals surface area contributed by atoms with Crippen LogP contribution in [0.3, 0.4) is 0 Å². The first-order chi connectivity index (χ1) is 31.4. The number of nitrogens with one attached hydrogen (secondary N) is 2. The predicted octanol–water partition coefficient (Wildman–Crippen LogP) is 7.12. The molecular weight excluding hydrogens is 930 g/mol. The number of benzene rings is 3. The maximum Gasteiger partial charge on any atom is 0.293 e. The molecule has 3 aromatic heterocycles. The number of hydrogen-bond donors (Lipinski definition) is 2. The summed E-state index contributed by atoms with van der Waals surface area (Å²) < 4.78 is 154. The molecule has 2 saturated carbocycles. The Labute approximate surface area is 373 Å². The number of morpholine rings is 1. The highest BCUT2D eigenvalue weighted by Gasteiger charge is 2.67. The normalized spacial score (nSPS) is 19.5. The lowest BCUT2D eigenvalue weighted by Crippen LogP contribution is -2.38. The molecule has 0 radical (unpaired) electrons. The molecular formula is C42H36ClF8N9O5S. The fourth-order valence-corrected chi connectivity index (χ4v) is 10.8. The first kappa shape index (κ1) is 44.0. The number of fused-ring (bicyclic) bond motifs is 5. The summed E-state index contributed by atoms with van der Waals surface area (Å²) in [5.41, 5.74) is -2.91. The molecule has 3 aliphatic carbocycles. The highest BCUT2D eigenvalue weighted by Crippen LogP contribution is 2.68. The number of rotatable bonds is 14. The van der Waals surface area contributed by atoms with E-state index in [2.05, 4.69) is 20.2 Å². The predicted molar refractivity (Wildman–Crippen MR) is 223 cm³/mol. The smallest absolute Gasteiger partial charge is 0.293 e. The third-order valence-electron chi connectivity index (χ3n) is 12.3.